The Morgan fingerprint density at radius 1 is 1.13 bits per heavy atom. The van der Waals surface area contributed by atoms with Gasteiger partial charge in [-0.25, -0.2) is 13.4 Å². The molecule has 3 atom stereocenters. The largest absolute Gasteiger partial charge is 0.368 e. The third kappa shape index (κ3) is 6.57. The van der Waals surface area contributed by atoms with Crippen LogP contribution in [0.15, 0.2) is 53.6 Å². The van der Waals surface area contributed by atoms with Crippen molar-refractivity contribution in [3.63, 3.8) is 0 Å². The maximum Gasteiger partial charge on any atom is 0.263 e. The third-order valence-corrected chi connectivity index (χ3v) is 8.68. The quantitative estimate of drug-likeness (QED) is 0.419. The number of Topliss-reactive ketones (excluding diaryl/α,β-unsaturated/α-hetero) is 1. The molecule has 2 amide bonds. The van der Waals surface area contributed by atoms with Crippen molar-refractivity contribution in [2.24, 2.45) is 5.41 Å². The molecular formula is C27H34N4O6S. The summed E-state index contributed by atoms with van der Waals surface area (Å²) in [6.07, 6.45) is 5.92. The van der Waals surface area contributed by atoms with E-state index in [1.807, 2.05) is 6.92 Å². The Morgan fingerprint density at radius 2 is 1.84 bits per heavy atom. The zero-order chi connectivity index (χ0) is 27.3. The van der Waals surface area contributed by atoms with E-state index in [9.17, 15) is 22.8 Å². The van der Waals surface area contributed by atoms with Crippen molar-refractivity contribution in [3.05, 3.63) is 54.2 Å². The van der Waals surface area contributed by atoms with E-state index in [1.165, 1.54) is 30.5 Å². The second-order valence-electron chi connectivity index (χ2n) is 10.3. The number of carbonyl (C=O) groups excluding carboxylic acids is 3. The first-order valence-corrected chi connectivity index (χ1v) is 14.4. The molecule has 11 heteroatoms. The van der Waals surface area contributed by atoms with Gasteiger partial charge in [-0.3, -0.25) is 19.1 Å². The van der Waals surface area contributed by atoms with E-state index in [0.29, 0.717) is 12.8 Å². The lowest BCUT2D eigenvalue weighted by atomic mass is 9.81. The Balaban J connectivity index is 1.46. The molecule has 1 saturated carbocycles. The summed E-state index contributed by atoms with van der Waals surface area (Å²) in [6, 6.07) is 9.13. The van der Waals surface area contributed by atoms with E-state index < -0.39 is 33.9 Å². The number of carbonyl (C=O) groups is 3. The molecule has 4 rings (SSSR count). The van der Waals surface area contributed by atoms with Crippen LogP contribution >= 0.6 is 0 Å². The lowest BCUT2D eigenvalue weighted by Crippen LogP contribution is -2.54. The van der Waals surface area contributed by atoms with E-state index in [2.05, 4.69) is 27.3 Å². The zero-order valence-corrected chi connectivity index (χ0v) is 22.4. The molecule has 204 valence electrons. The van der Waals surface area contributed by atoms with Gasteiger partial charge < -0.3 is 15.4 Å². The fraction of sp³-hybridized carbons (Fsp3) is 0.481. The van der Waals surface area contributed by atoms with Gasteiger partial charge in [-0.2, -0.15) is 0 Å². The zero-order valence-electron chi connectivity index (χ0n) is 21.6. The lowest BCUT2D eigenvalue weighted by molar-refractivity contribution is -0.128. The van der Waals surface area contributed by atoms with Gasteiger partial charge in [-0.1, -0.05) is 44.9 Å². The van der Waals surface area contributed by atoms with Gasteiger partial charge >= 0.3 is 0 Å². The normalized spacial score (nSPS) is 21.6. The van der Waals surface area contributed by atoms with E-state index >= 15 is 0 Å². The molecule has 0 radical (unpaired) electrons. The first kappa shape index (κ1) is 27.7. The Hall–Kier alpha value is -3.31. The highest BCUT2D eigenvalue weighted by Gasteiger charge is 2.40. The minimum absolute atomic E-state index is 0.0375. The molecule has 2 aromatic rings. The maximum absolute atomic E-state index is 13.3. The van der Waals surface area contributed by atoms with Gasteiger partial charge in [0.2, 0.25) is 5.91 Å². The van der Waals surface area contributed by atoms with Gasteiger partial charge in [0.1, 0.15) is 24.5 Å². The smallest absolute Gasteiger partial charge is 0.263 e. The van der Waals surface area contributed by atoms with Crippen LogP contribution in [0.4, 0.5) is 5.82 Å². The van der Waals surface area contributed by atoms with Crippen molar-refractivity contribution in [1.82, 2.24) is 15.6 Å². The minimum Gasteiger partial charge on any atom is -0.368 e. The molecule has 1 aromatic heterocycles. The van der Waals surface area contributed by atoms with Crippen LogP contribution in [-0.4, -0.2) is 55.8 Å². The molecule has 2 fully saturated rings. The molecule has 1 saturated heterocycles. The van der Waals surface area contributed by atoms with E-state index in [4.69, 9.17) is 4.74 Å². The SMILES string of the molecule is CC[C@@H]1OCC(=O)[C@H]1NC(=O)[C@H](CC1(C)CCCC1)NC(=O)c1ccc(NS(=O)(=O)c2ccccc2)nc1. The Labute approximate surface area is 223 Å². The van der Waals surface area contributed by atoms with Crippen molar-refractivity contribution in [3.8, 4) is 0 Å². The highest BCUT2D eigenvalue weighted by molar-refractivity contribution is 7.92. The molecule has 0 unspecified atom stereocenters. The summed E-state index contributed by atoms with van der Waals surface area (Å²) in [5, 5.41) is 5.63. The summed E-state index contributed by atoms with van der Waals surface area (Å²) in [4.78, 5) is 42.9. The van der Waals surface area contributed by atoms with Crippen LogP contribution < -0.4 is 15.4 Å². The second-order valence-corrected chi connectivity index (χ2v) is 12.0. The summed E-state index contributed by atoms with van der Waals surface area (Å²) in [5.41, 5.74) is 0.0710. The summed E-state index contributed by atoms with van der Waals surface area (Å²) >= 11 is 0. The highest BCUT2D eigenvalue weighted by atomic mass is 32.2. The molecule has 0 bridgehead atoms. The predicted molar refractivity (Wildman–Crippen MR) is 141 cm³/mol. The number of pyridine rings is 1. The van der Waals surface area contributed by atoms with Crippen LogP contribution in [0.25, 0.3) is 0 Å². The van der Waals surface area contributed by atoms with Crippen molar-refractivity contribution >= 4 is 33.4 Å². The fourth-order valence-electron chi connectivity index (χ4n) is 5.12. The van der Waals surface area contributed by atoms with Gasteiger partial charge in [0.15, 0.2) is 5.78 Å². The molecule has 38 heavy (non-hydrogen) atoms. The Morgan fingerprint density at radius 3 is 2.47 bits per heavy atom. The number of sulfonamides is 1. The summed E-state index contributed by atoms with van der Waals surface area (Å²) in [5.74, 6) is -1.06. The standard InChI is InChI=1S/C27H34N4O6S/c1-3-22-24(21(32)17-37-22)30-26(34)20(15-27(2)13-7-8-14-27)29-25(33)18-11-12-23(28-16-18)31-38(35,36)19-9-5-4-6-10-19/h4-6,9-12,16,20,22,24H,3,7-8,13-15,17H2,1-2H3,(H,28,31)(H,29,33)(H,30,34)/t20-,22-,24+/m0/s1. The molecule has 1 aliphatic carbocycles. The first-order chi connectivity index (χ1) is 18.1. The molecule has 1 aromatic carbocycles. The molecule has 1 aliphatic heterocycles. The molecular weight excluding hydrogens is 508 g/mol. The Bertz CT molecular complexity index is 1260. The Kier molecular flexibility index (Phi) is 8.47. The maximum atomic E-state index is 13.3. The first-order valence-electron chi connectivity index (χ1n) is 12.9. The molecule has 10 nitrogen and oxygen atoms in total. The van der Waals surface area contributed by atoms with Gasteiger partial charge in [0.05, 0.1) is 16.6 Å². The number of ketones is 1. The average Bonchev–Trinajstić information content (AvgIpc) is 3.49. The lowest BCUT2D eigenvalue weighted by Gasteiger charge is -2.30. The third-order valence-electron chi connectivity index (χ3n) is 7.31. The topological polar surface area (TPSA) is 144 Å². The van der Waals surface area contributed by atoms with E-state index in [0.717, 1.165) is 25.7 Å². The van der Waals surface area contributed by atoms with Crippen molar-refractivity contribution in [1.29, 1.82) is 0 Å². The van der Waals surface area contributed by atoms with Crippen LogP contribution in [0.3, 0.4) is 0 Å². The summed E-state index contributed by atoms with van der Waals surface area (Å²) in [7, 11) is -3.82. The number of rotatable bonds is 10. The van der Waals surface area contributed by atoms with Crippen LogP contribution in [0.1, 0.15) is 62.7 Å². The number of benzene rings is 1. The van der Waals surface area contributed by atoms with Gasteiger partial charge in [-0.05, 0) is 55.4 Å². The van der Waals surface area contributed by atoms with Gasteiger partial charge in [0.25, 0.3) is 15.9 Å². The van der Waals surface area contributed by atoms with Crippen LogP contribution in [0, 0.1) is 5.41 Å². The van der Waals surface area contributed by atoms with Crippen molar-refractivity contribution < 1.29 is 27.5 Å². The summed E-state index contributed by atoms with van der Waals surface area (Å²) < 4.78 is 32.9. The molecule has 3 N–H and O–H groups in total. The number of hydrogen-bond donors (Lipinski definition) is 3. The van der Waals surface area contributed by atoms with Crippen LogP contribution in [0.5, 0.6) is 0 Å². The minimum atomic E-state index is -3.82. The number of ether oxygens (including phenoxy) is 1. The van der Waals surface area contributed by atoms with Crippen LogP contribution in [-0.2, 0) is 24.3 Å². The predicted octanol–water partition coefficient (Wildman–Crippen LogP) is 2.81. The molecule has 2 aliphatic rings. The van der Waals surface area contributed by atoms with E-state index in [1.54, 1.807) is 18.2 Å². The number of aromatic nitrogens is 1. The average molecular weight is 543 g/mol. The number of nitrogens with one attached hydrogen (secondary N) is 3. The van der Waals surface area contributed by atoms with E-state index in [-0.39, 0.29) is 40.2 Å². The molecule has 2 heterocycles. The van der Waals surface area contributed by atoms with Crippen molar-refractivity contribution in [2.75, 3.05) is 11.3 Å². The monoisotopic (exact) mass is 542 g/mol. The van der Waals surface area contributed by atoms with Gasteiger partial charge in [-0.15, -0.1) is 0 Å². The molecule has 0 spiro atoms. The number of anilines is 1. The summed E-state index contributed by atoms with van der Waals surface area (Å²) in [6.45, 7) is 3.96. The number of nitrogens with zero attached hydrogens (tertiary/aromatic N) is 1. The second kappa shape index (κ2) is 11.6. The van der Waals surface area contributed by atoms with Crippen LogP contribution in [0.2, 0.25) is 0 Å². The fourth-order valence-corrected chi connectivity index (χ4v) is 6.15. The number of hydrogen-bond acceptors (Lipinski definition) is 7. The van der Waals surface area contributed by atoms with Gasteiger partial charge in [0, 0.05) is 6.20 Å². The number of amides is 2. The highest BCUT2D eigenvalue weighted by Crippen LogP contribution is 2.41. The van der Waals surface area contributed by atoms with Crippen molar-refractivity contribution in [2.45, 2.75) is 75.5 Å².